The molecule has 1 aromatic heterocycles. The Balaban J connectivity index is 2.14. The number of aliphatic hydroxyl groups excluding tert-OH is 2. The smallest absolute Gasteiger partial charge is 0.308 e. The number of fused-ring (bicyclic) bond motifs is 1. The van der Waals surface area contributed by atoms with Crippen molar-refractivity contribution in [3.8, 4) is 11.1 Å². The average Bonchev–Trinajstić information content (AvgIpc) is 2.78. The number of aliphatic hydroxyl groups is 2. The first-order valence-electron chi connectivity index (χ1n) is 10.8. The van der Waals surface area contributed by atoms with E-state index in [1.807, 2.05) is 26.0 Å². The lowest BCUT2D eigenvalue weighted by molar-refractivity contribution is -0.143. The van der Waals surface area contributed by atoms with Gasteiger partial charge in [-0.3, -0.25) is 9.59 Å². The number of hydrogen-bond donors (Lipinski definition) is 2. The number of pyridine rings is 1. The summed E-state index contributed by atoms with van der Waals surface area (Å²) in [5, 5.41) is 21.7. The molecule has 0 saturated carbocycles. The van der Waals surface area contributed by atoms with Crippen LogP contribution in [0.2, 0.25) is 0 Å². The largest absolute Gasteiger partial charge is 0.469 e. The average molecular weight is 454 g/mol. The lowest BCUT2D eigenvalue weighted by Crippen LogP contribution is -2.25. The van der Waals surface area contributed by atoms with Crippen LogP contribution in [0.4, 0.5) is 4.39 Å². The second-order valence-corrected chi connectivity index (χ2v) is 8.18. The van der Waals surface area contributed by atoms with Gasteiger partial charge in [-0.05, 0) is 49.1 Å². The van der Waals surface area contributed by atoms with Crippen LogP contribution >= 0.6 is 0 Å². The van der Waals surface area contributed by atoms with E-state index >= 15 is 0 Å². The first-order valence-corrected chi connectivity index (χ1v) is 10.8. The van der Waals surface area contributed by atoms with Crippen LogP contribution in [0.25, 0.3) is 28.0 Å². The maximum atomic E-state index is 13.6. The zero-order chi connectivity index (χ0) is 24.1. The third kappa shape index (κ3) is 5.56. The van der Waals surface area contributed by atoms with Crippen molar-refractivity contribution < 1.29 is 24.1 Å². The summed E-state index contributed by atoms with van der Waals surface area (Å²) >= 11 is 0. The molecule has 0 radical (unpaired) electrons. The highest BCUT2D eigenvalue weighted by Crippen LogP contribution is 2.33. The first kappa shape index (κ1) is 24.4. The molecule has 2 N–H and O–H groups in total. The summed E-state index contributed by atoms with van der Waals surface area (Å²) in [5.41, 5.74) is 1.84. The van der Waals surface area contributed by atoms with Gasteiger partial charge in [0.2, 0.25) is 0 Å². The quantitative estimate of drug-likeness (QED) is 0.502. The number of carbonyl (C=O) groups is 1. The molecule has 3 aromatic rings. The van der Waals surface area contributed by atoms with Crippen molar-refractivity contribution in [3.63, 3.8) is 0 Å². The molecule has 2 atom stereocenters. The van der Waals surface area contributed by atoms with Crippen molar-refractivity contribution in [2.75, 3.05) is 7.11 Å². The number of hydrogen-bond acceptors (Lipinski definition) is 5. The molecule has 2 aromatic carbocycles. The minimum absolute atomic E-state index is 0.0724. The summed E-state index contributed by atoms with van der Waals surface area (Å²) in [7, 11) is 1.23. The fourth-order valence-electron chi connectivity index (χ4n) is 3.90. The Morgan fingerprint density at radius 1 is 1.09 bits per heavy atom. The zero-order valence-corrected chi connectivity index (χ0v) is 18.9. The number of methoxy groups -OCH3 is 1. The van der Waals surface area contributed by atoms with Crippen molar-refractivity contribution in [2.24, 2.45) is 0 Å². The van der Waals surface area contributed by atoms with Crippen LogP contribution in [0.5, 0.6) is 0 Å². The van der Waals surface area contributed by atoms with Gasteiger partial charge in [0.25, 0.3) is 5.56 Å². The summed E-state index contributed by atoms with van der Waals surface area (Å²) in [4.78, 5) is 24.7. The van der Waals surface area contributed by atoms with Gasteiger partial charge in [-0.25, -0.2) is 4.39 Å². The number of rotatable bonds is 8. The molecule has 6 nitrogen and oxygen atoms in total. The lowest BCUT2D eigenvalue weighted by atomic mass is 9.95. The highest BCUT2D eigenvalue weighted by Gasteiger charge is 2.19. The van der Waals surface area contributed by atoms with Gasteiger partial charge >= 0.3 is 5.97 Å². The zero-order valence-electron chi connectivity index (χ0n) is 18.9. The van der Waals surface area contributed by atoms with Crippen molar-refractivity contribution in [3.05, 3.63) is 76.5 Å². The molecular weight excluding hydrogens is 425 g/mol. The SMILES string of the molecule is COC(=O)C[C@H](O)C[C@H](O)/C=C/c1c(-c2ccc(F)cc2)c2ccccc2c(=O)n1C(C)C. The fraction of sp³-hybridized carbons (Fsp3) is 0.308. The Morgan fingerprint density at radius 3 is 2.33 bits per heavy atom. The van der Waals surface area contributed by atoms with Gasteiger partial charge in [0.1, 0.15) is 5.82 Å². The summed E-state index contributed by atoms with van der Waals surface area (Å²) in [6, 6.07) is 13.1. The van der Waals surface area contributed by atoms with Crippen molar-refractivity contribution in [1.82, 2.24) is 4.57 Å². The molecule has 0 spiro atoms. The van der Waals surface area contributed by atoms with Crippen molar-refractivity contribution >= 4 is 22.8 Å². The summed E-state index contributed by atoms with van der Waals surface area (Å²) in [6.07, 6.45) is 0.689. The molecule has 0 saturated heterocycles. The molecule has 174 valence electrons. The van der Waals surface area contributed by atoms with E-state index in [1.54, 1.807) is 34.9 Å². The van der Waals surface area contributed by atoms with Crippen LogP contribution < -0.4 is 5.56 Å². The summed E-state index contributed by atoms with van der Waals surface area (Å²) < 4.78 is 19.8. The molecule has 1 heterocycles. The number of ether oxygens (including phenoxy) is 1. The van der Waals surface area contributed by atoms with E-state index < -0.39 is 18.2 Å². The molecule has 0 bridgehead atoms. The standard InChI is InChI=1S/C26H28FNO5/c1-16(2)28-23(13-12-19(29)14-20(30)15-24(31)33-3)25(17-8-10-18(27)11-9-17)21-6-4-5-7-22(21)26(28)32/h4-13,16,19-20,29-30H,14-15H2,1-3H3/b13-12+/t19-,20-/m1/s1. The van der Waals surface area contributed by atoms with E-state index in [0.717, 1.165) is 11.1 Å². The number of carbonyl (C=O) groups excluding carboxylic acids is 1. The molecule has 3 rings (SSSR count). The molecule has 0 unspecified atom stereocenters. The topological polar surface area (TPSA) is 88.8 Å². The van der Waals surface area contributed by atoms with Crippen LogP contribution in [0.15, 0.2) is 59.4 Å². The van der Waals surface area contributed by atoms with Crippen LogP contribution in [0.1, 0.15) is 38.4 Å². The number of nitrogens with zero attached hydrogens (tertiary/aromatic N) is 1. The predicted molar refractivity (Wildman–Crippen MR) is 126 cm³/mol. The van der Waals surface area contributed by atoms with Crippen LogP contribution in [-0.2, 0) is 9.53 Å². The second-order valence-electron chi connectivity index (χ2n) is 8.18. The van der Waals surface area contributed by atoms with Gasteiger partial charge in [-0.1, -0.05) is 36.4 Å². The Morgan fingerprint density at radius 2 is 1.73 bits per heavy atom. The molecule has 0 fully saturated rings. The fourth-order valence-corrected chi connectivity index (χ4v) is 3.90. The molecule has 0 amide bonds. The van der Waals surface area contributed by atoms with Crippen molar-refractivity contribution in [2.45, 2.75) is 44.9 Å². The highest BCUT2D eigenvalue weighted by molar-refractivity contribution is 5.99. The maximum Gasteiger partial charge on any atom is 0.308 e. The van der Waals surface area contributed by atoms with Gasteiger partial charge in [-0.2, -0.15) is 0 Å². The number of aromatic nitrogens is 1. The predicted octanol–water partition coefficient (Wildman–Crippen LogP) is 4.08. The summed E-state index contributed by atoms with van der Waals surface area (Å²) in [6.45, 7) is 3.77. The Hall–Kier alpha value is -3.29. The Labute approximate surface area is 191 Å². The minimum Gasteiger partial charge on any atom is -0.469 e. The normalized spacial score (nSPS) is 13.5. The molecule has 0 aliphatic heterocycles. The molecule has 0 aliphatic carbocycles. The van der Waals surface area contributed by atoms with E-state index in [-0.39, 0.29) is 30.3 Å². The molecular formula is C26H28FNO5. The Bertz CT molecular complexity index is 1210. The monoisotopic (exact) mass is 453 g/mol. The van der Waals surface area contributed by atoms with E-state index in [0.29, 0.717) is 16.5 Å². The number of benzene rings is 2. The van der Waals surface area contributed by atoms with Gasteiger partial charge in [0.05, 0.1) is 31.4 Å². The van der Waals surface area contributed by atoms with Gasteiger partial charge in [-0.15, -0.1) is 0 Å². The number of halogens is 1. The molecule has 7 heteroatoms. The number of esters is 1. The van der Waals surface area contributed by atoms with E-state index in [9.17, 15) is 24.2 Å². The third-order valence-corrected chi connectivity index (χ3v) is 5.43. The highest BCUT2D eigenvalue weighted by atomic mass is 19.1. The van der Waals surface area contributed by atoms with Gasteiger partial charge in [0, 0.05) is 23.4 Å². The van der Waals surface area contributed by atoms with Crippen LogP contribution in [0, 0.1) is 5.82 Å². The van der Waals surface area contributed by atoms with Crippen LogP contribution in [0.3, 0.4) is 0 Å². The first-order chi connectivity index (χ1) is 15.7. The summed E-state index contributed by atoms with van der Waals surface area (Å²) in [5.74, 6) is -0.937. The van der Waals surface area contributed by atoms with Gasteiger partial charge < -0.3 is 19.5 Å². The minimum atomic E-state index is -1.07. The van der Waals surface area contributed by atoms with E-state index in [2.05, 4.69) is 4.74 Å². The van der Waals surface area contributed by atoms with E-state index in [4.69, 9.17) is 0 Å². The van der Waals surface area contributed by atoms with Crippen molar-refractivity contribution in [1.29, 1.82) is 0 Å². The van der Waals surface area contributed by atoms with Gasteiger partial charge in [0.15, 0.2) is 0 Å². The molecule has 0 aliphatic rings. The third-order valence-electron chi connectivity index (χ3n) is 5.43. The maximum absolute atomic E-state index is 13.6. The van der Waals surface area contributed by atoms with E-state index in [1.165, 1.54) is 25.3 Å². The lowest BCUT2D eigenvalue weighted by Gasteiger charge is -2.21. The second kappa shape index (κ2) is 10.6. The Kier molecular flexibility index (Phi) is 7.79. The molecule has 33 heavy (non-hydrogen) atoms. The van der Waals surface area contributed by atoms with Crippen LogP contribution in [-0.4, -0.2) is 40.1 Å².